The fourth-order valence-electron chi connectivity index (χ4n) is 2.87. The second kappa shape index (κ2) is 7.14. The molecule has 0 saturated carbocycles. The summed E-state index contributed by atoms with van der Waals surface area (Å²) >= 11 is 0. The third-order valence-corrected chi connectivity index (χ3v) is 4.95. The number of hydrogen-bond acceptors (Lipinski definition) is 4. The highest BCUT2D eigenvalue weighted by Crippen LogP contribution is 2.42. The lowest BCUT2D eigenvalue weighted by molar-refractivity contribution is 0.193. The quantitative estimate of drug-likeness (QED) is 0.386. The van der Waals surface area contributed by atoms with Gasteiger partial charge < -0.3 is 18.9 Å². The van der Waals surface area contributed by atoms with Crippen LogP contribution >= 0.6 is 0 Å². The van der Waals surface area contributed by atoms with E-state index in [2.05, 4.69) is 43.9 Å². The summed E-state index contributed by atoms with van der Waals surface area (Å²) in [5, 5.41) is 0. The van der Waals surface area contributed by atoms with Gasteiger partial charge in [0.25, 0.3) is 0 Å². The first-order chi connectivity index (χ1) is 12.7. The number of ether oxygens (including phenoxy) is 4. The average Bonchev–Trinajstić information content (AvgIpc) is 3.56. The third-order valence-electron chi connectivity index (χ3n) is 4.95. The molecule has 0 radical (unpaired) electrons. The molecular formula is C22H24O4. The fraction of sp³-hybridized carbons (Fsp3) is 0.364. The minimum Gasteiger partial charge on any atom is -0.491 e. The number of allylic oxidation sites excluding steroid dienone is 6. The second-order valence-corrected chi connectivity index (χ2v) is 6.99. The summed E-state index contributed by atoms with van der Waals surface area (Å²) in [7, 11) is 0. The van der Waals surface area contributed by atoms with Crippen molar-refractivity contribution < 1.29 is 18.9 Å². The van der Waals surface area contributed by atoms with E-state index >= 15 is 0 Å². The molecule has 0 N–H and O–H groups in total. The van der Waals surface area contributed by atoms with E-state index in [0.29, 0.717) is 13.2 Å². The van der Waals surface area contributed by atoms with Crippen molar-refractivity contribution in [3.05, 3.63) is 78.1 Å². The van der Waals surface area contributed by atoms with Crippen LogP contribution in [0.5, 0.6) is 5.75 Å². The van der Waals surface area contributed by atoms with Gasteiger partial charge in [-0.05, 0) is 42.3 Å². The van der Waals surface area contributed by atoms with Crippen molar-refractivity contribution in [1.82, 2.24) is 0 Å². The van der Waals surface area contributed by atoms with Crippen LogP contribution in [0.4, 0.5) is 0 Å². The smallest absolute Gasteiger partial charge is 0.119 e. The van der Waals surface area contributed by atoms with E-state index in [1.165, 1.54) is 11.1 Å². The van der Waals surface area contributed by atoms with Crippen LogP contribution in [0.1, 0.15) is 12.5 Å². The summed E-state index contributed by atoms with van der Waals surface area (Å²) in [6.45, 7) is 8.85. The van der Waals surface area contributed by atoms with Gasteiger partial charge in [0.1, 0.15) is 36.9 Å². The lowest BCUT2D eigenvalue weighted by Gasteiger charge is -2.35. The van der Waals surface area contributed by atoms with Crippen LogP contribution in [0.25, 0.3) is 0 Å². The topological polar surface area (TPSA) is 43.5 Å². The molecule has 1 aliphatic carbocycles. The average molecular weight is 352 g/mol. The molecule has 4 heteroatoms. The van der Waals surface area contributed by atoms with Gasteiger partial charge in [-0.25, -0.2) is 0 Å². The molecule has 3 unspecified atom stereocenters. The van der Waals surface area contributed by atoms with Crippen molar-refractivity contribution in [3.8, 4) is 5.75 Å². The molecule has 0 spiro atoms. The van der Waals surface area contributed by atoms with E-state index in [0.717, 1.165) is 24.7 Å². The standard InChI is InChI=1S/C22H24O4/c1-3-18(23-12-20-14-25-20)7-4-17-10-11-22(17,2)16-5-8-19(9-6-16)24-13-21-15-26-21/h3-11,20-21H,1,12-15H2,2H3/b17-4+,18-7+. The Hall–Kier alpha value is -2.30. The minimum atomic E-state index is -0.0967. The molecule has 2 aliphatic heterocycles. The molecular weight excluding hydrogens is 328 g/mol. The summed E-state index contributed by atoms with van der Waals surface area (Å²) in [4.78, 5) is 0. The van der Waals surface area contributed by atoms with Gasteiger partial charge >= 0.3 is 0 Å². The van der Waals surface area contributed by atoms with Crippen molar-refractivity contribution in [2.75, 3.05) is 26.4 Å². The maximum Gasteiger partial charge on any atom is 0.119 e. The van der Waals surface area contributed by atoms with Crippen molar-refractivity contribution in [1.29, 1.82) is 0 Å². The zero-order chi connectivity index (χ0) is 18.0. The van der Waals surface area contributed by atoms with Crippen molar-refractivity contribution in [2.45, 2.75) is 24.5 Å². The Morgan fingerprint density at radius 3 is 2.46 bits per heavy atom. The number of hydrogen-bond donors (Lipinski definition) is 0. The summed E-state index contributed by atoms with van der Waals surface area (Å²) < 4.78 is 21.7. The molecule has 4 rings (SSSR count). The van der Waals surface area contributed by atoms with Crippen LogP contribution in [-0.2, 0) is 19.6 Å². The maximum absolute atomic E-state index is 5.72. The van der Waals surface area contributed by atoms with Crippen LogP contribution in [0, 0.1) is 0 Å². The molecule has 2 heterocycles. The van der Waals surface area contributed by atoms with Crippen LogP contribution in [0.3, 0.4) is 0 Å². The molecule has 1 aromatic carbocycles. The van der Waals surface area contributed by atoms with Gasteiger partial charge in [0.2, 0.25) is 0 Å². The van der Waals surface area contributed by atoms with Crippen molar-refractivity contribution in [3.63, 3.8) is 0 Å². The molecule has 4 nitrogen and oxygen atoms in total. The predicted octanol–water partition coefficient (Wildman–Crippen LogP) is 3.70. The van der Waals surface area contributed by atoms with E-state index in [4.69, 9.17) is 18.9 Å². The van der Waals surface area contributed by atoms with Gasteiger partial charge in [0.15, 0.2) is 0 Å². The van der Waals surface area contributed by atoms with Crippen LogP contribution in [-0.4, -0.2) is 38.6 Å². The third kappa shape index (κ3) is 3.92. The molecule has 0 aromatic heterocycles. The molecule has 3 atom stereocenters. The van der Waals surface area contributed by atoms with Crippen LogP contribution in [0.2, 0.25) is 0 Å². The maximum atomic E-state index is 5.72. The highest BCUT2D eigenvalue weighted by Gasteiger charge is 2.33. The van der Waals surface area contributed by atoms with Gasteiger partial charge in [-0.2, -0.15) is 0 Å². The zero-order valence-electron chi connectivity index (χ0n) is 15.0. The van der Waals surface area contributed by atoms with Gasteiger partial charge in [-0.3, -0.25) is 0 Å². The minimum absolute atomic E-state index is 0.0967. The number of epoxide rings is 2. The lowest BCUT2D eigenvalue weighted by atomic mass is 9.68. The summed E-state index contributed by atoms with van der Waals surface area (Å²) in [5.41, 5.74) is 2.38. The lowest BCUT2D eigenvalue weighted by Crippen LogP contribution is -2.27. The molecule has 26 heavy (non-hydrogen) atoms. The molecule has 0 amide bonds. The Morgan fingerprint density at radius 1 is 1.19 bits per heavy atom. The molecule has 1 aromatic rings. The SMILES string of the molecule is C=C/C(=C\C=C1/C=CC1(C)c1ccc(OCC2CO2)cc1)OCC1CO1. The highest BCUT2D eigenvalue weighted by molar-refractivity contribution is 5.55. The van der Waals surface area contributed by atoms with E-state index in [1.807, 2.05) is 18.2 Å². The first-order valence-corrected chi connectivity index (χ1v) is 9.01. The first kappa shape index (κ1) is 17.1. The van der Waals surface area contributed by atoms with Gasteiger partial charge in [0.05, 0.1) is 13.2 Å². The largest absolute Gasteiger partial charge is 0.491 e. The fourth-order valence-corrected chi connectivity index (χ4v) is 2.87. The van der Waals surface area contributed by atoms with E-state index in [9.17, 15) is 0 Å². The normalized spacial score (nSPS) is 30.7. The van der Waals surface area contributed by atoms with Crippen molar-refractivity contribution >= 4 is 0 Å². The highest BCUT2D eigenvalue weighted by atomic mass is 16.6. The molecule has 2 fully saturated rings. The van der Waals surface area contributed by atoms with Gasteiger partial charge in [-0.15, -0.1) is 0 Å². The van der Waals surface area contributed by atoms with Crippen LogP contribution in [0.15, 0.2) is 72.6 Å². The summed E-state index contributed by atoms with van der Waals surface area (Å²) in [6.07, 6.45) is 10.7. The van der Waals surface area contributed by atoms with E-state index < -0.39 is 0 Å². The van der Waals surface area contributed by atoms with Crippen LogP contribution < -0.4 is 4.74 Å². The Bertz CT molecular complexity index is 751. The zero-order valence-corrected chi connectivity index (χ0v) is 15.0. The van der Waals surface area contributed by atoms with Gasteiger partial charge in [-0.1, -0.05) is 36.9 Å². The first-order valence-electron chi connectivity index (χ1n) is 9.01. The molecule has 2 saturated heterocycles. The molecule has 0 bridgehead atoms. The van der Waals surface area contributed by atoms with Crippen molar-refractivity contribution in [2.24, 2.45) is 0 Å². The Labute approximate surface area is 154 Å². The Morgan fingerprint density at radius 2 is 1.88 bits per heavy atom. The second-order valence-electron chi connectivity index (χ2n) is 6.99. The van der Waals surface area contributed by atoms with E-state index in [1.54, 1.807) is 6.08 Å². The van der Waals surface area contributed by atoms with Gasteiger partial charge in [0, 0.05) is 5.41 Å². The summed E-state index contributed by atoms with van der Waals surface area (Å²) in [6, 6.07) is 8.30. The molecule has 3 aliphatic rings. The summed E-state index contributed by atoms with van der Waals surface area (Å²) in [5.74, 6) is 1.65. The Balaban J connectivity index is 1.41. The molecule has 136 valence electrons. The van der Waals surface area contributed by atoms with E-state index in [-0.39, 0.29) is 17.6 Å². The number of benzene rings is 1. The number of rotatable bonds is 9. The Kier molecular flexibility index (Phi) is 4.70. The monoisotopic (exact) mass is 352 g/mol. The predicted molar refractivity (Wildman–Crippen MR) is 100 cm³/mol.